The molecule has 0 radical (unpaired) electrons. The molecule has 2 aromatic carbocycles. The highest BCUT2D eigenvalue weighted by Gasteiger charge is 2.28. The van der Waals surface area contributed by atoms with E-state index in [1.165, 1.54) is 5.56 Å². The van der Waals surface area contributed by atoms with Gasteiger partial charge < -0.3 is 16.4 Å². The first kappa shape index (κ1) is 20.5. The summed E-state index contributed by atoms with van der Waals surface area (Å²) < 4.78 is 0. The van der Waals surface area contributed by atoms with E-state index in [0.717, 1.165) is 30.9 Å². The van der Waals surface area contributed by atoms with Gasteiger partial charge in [0.25, 0.3) is 0 Å². The Morgan fingerprint density at radius 3 is 2.33 bits per heavy atom. The molecule has 0 saturated heterocycles. The van der Waals surface area contributed by atoms with Crippen molar-refractivity contribution in [1.82, 2.24) is 10.6 Å². The van der Waals surface area contributed by atoms with Crippen molar-refractivity contribution in [2.75, 3.05) is 13.6 Å². The quantitative estimate of drug-likeness (QED) is 0.496. The first-order chi connectivity index (χ1) is 13.0. The van der Waals surface area contributed by atoms with E-state index in [2.05, 4.69) is 53.7 Å². The van der Waals surface area contributed by atoms with Gasteiger partial charge in [-0.05, 0) is 36.1 Å². The van der Waals surface area contributed by atoms with Gasteiger partial charge in [0.05, 0.1) is 0 Å². The lowest BCUT2D eigenvalue weighted by molar-refractivity contribution is 0.1000. The summed E-state index contributed by atoms with van der Waals surface area (Å²) in [5.74, 6) is 0.319. The fourth-order valence-electron chi connectivity index (χ4n) is 3.30. The number of nitrogens with zero attached hydrogens (tertiary/aromatic N) is 1. The topological polar surface area (TPSA) is 79.5 Å². The smallest absolute Gasteiger partial charge is 0.248 e. The molecule has 0 aromatic heterocycles. The van der Waals surface area contributed by atoms with Crippen LogP contribution < -0.4 is 16.4 Å². The van der Waals surface area contributed by atoms with E-state index in [9.17, 15) is 4.79 Å². The van der Waals surface area contributed by atoms with Crippen LogP contribution >= 0.6 is 0 Å². The van der Waals surface area contributed by atoms with Gasteiger partial charge in [0, 0.05) is 31.1 Å². The summed E-state index contributed by atoms with van der Waals surface area (Å²) >= 11 is 0. The molecule has 0 saturated carbocycles. The highest BCUT2D eigenvalue weighted by Crippen LogP contribution is 2.30. The molecule has 0 spiro atoms. The number of nitrogens with two attached hydrogens (primary N) is 1. The number of primary amides is 1. The van der Waals surface area contributed by atoms with Crippen LogP contribution in [-0.2, 0) is 12.0 Å². The van der Waals surface area contributed by atoms with Crippen molar-refractivity contribution < 1.29 is 4.79 Å². The minimum atomic E-state index is -0.419. The lowest BCUT2D eigenvalue weighted by Crippen LogP contribution is -2.45. The van der Waals surface area contributed by atoms with E-state index < -0.39 is 5.91 Å². The number of aliphatic imine (C=N–C) groups is 1. The molecule has 27 heavy (non-hydrogen) atoms. The Kier molecular flexibility index (Phi) is 7.41. The second-order valence-corrected chi connectivity index (χ2v) is 6.70. The molecule has 0 aliphatic heterocycles. The van der Waals surface area contributed by atoms with Crippen LogP contribution in [0.2, 0.25) is 0 Å². The summed E-state index contributed by atoms with van der Waals surface area (Å²) in [5.41, 5.74) is 8.24. The van der Waals surface area contributed by atoms with Crippen molar-refractivity contribution >= 4 is 11.9 Å². The molecule has 0 aliphatic rings. The van der Waals surface area contributed by atoms with Gasteiger partial charge in [-0.2, -0.15) is 0 Å². The van der Waals surface area contributed by atoms with Crippen molar-refractivity contribution in [2.24, 2.45) is 10.7 Å². The predicted octanol–water partition coefficient (Wildman–Crippen LogP) is 3.21. The van der Waals surface area contributed by atoms with Crippen LogP contribution in [0.4, 0.5) is 0 Å². The normalized spacial score (nSPS) is 11.9. The standard InChI is InChI=1S/C22H30N4O/c1-4-22(5-2,19-12-7-6-8-13-19)16-26-21(24-3)25-15-17-10-9-11-18(14-17)20(23)27/h6-14H,4-5,15-16H2,1-3H3,(H2,23,27)(H2,24,25,26). The molecule has 5 nitrogen and oxygen atoms in total. The van der Waals surface area contributed by atoms with E-state index in [4.69, 9.17) is 5.73 Å². The number of hydrogen-bond acceptors (Lipinski definition) is 2. The maximum Gasteiger partial charge on any atom is 0.248 e. The van der Waals surface area contributed by atoms with E-state index in [1.54, 1.807) is 19.2 Å². The van der Waals surface area contributed by atoms with E-state index in [1.807, 2.05) is 18.2 Å². The Hall–Kier alpha value is -2.82. The molecular weight excluding hydrogens is 336 g/mol. The van der Waals surface area contributed by atoms with Crippen LogP contribution in [0, 0.1) is 0 Å². The molecule has 2 aromatic rings. The van der Waals surface area contributed by atoms with Crippen LogP contribution in [0.1, 0.15) is 48.2 Å². The number of guanidine groups is 1. The van der Waals surface area contributed by atoms with E-state index in [-0.39, 0.29) is 5.41 Å². The van der Waals surface area contributed by atoms with Crippen LogP contribution in [0.3, 0.4) is 0 Å². The molecular formula is C22H30N4O. The molecule has 2 rings (SSSR count). The van der Waals surface area contributed by atoms with Gasteiger partial charge >= 0.3 is 0 Å². The Labute approximate surface area is 162 Å². The van der Waals surface area contributed by atoms with Crippen molar-refractivity contribution in [2.45, 2.75) is 38.6 Å². The number of benzene rings is 2. The maximum atomic E-state index is 11.3. The highest BCUT2D eigenvalue weighted by atomic mass is 16.1. The Morgan fingerprint density at radius 1 is 1.04 bits per heavy atom. The summed E-state index contributed by atoms with van der Waals surface area (Å²) in [7, 11) is 1.76. The summed E-state index contributed by atoms with van der Waals surface area (Å²) in [4.78, 5) is 15.7. The average Bonchev–Trinajstić information content (AvgIpc) is 2.72. The molecule has 0 fully saturated rings. The largest absolute Gasteiger partial charge is 0.366 e. The lowest BCUT2D eigenvalue weighted by Gasteiger charge is -2.33. The van der Waals surface area contributed by atoms with Crippen LogP contribution in [0.5, 0.6) is 0 Å². The summed E-state index contributed by atoms with van der Waals surface area (Å²) in [6, 6.07) is 17.9. The fraction of sp³-hybridized carbons (Fsp3) is 0.364. The third-order valence-electron chi connectivity index (χ3n) is 5.23. The van der Waals surface area contributed by atoms with Gasteiger partial charge in [0.2, 0.25) is 5.91 Å². The molecule has 5 heteroatoms. The average molecular weight is 367 g/mol. The summed E-state index contributed by atoms with van der Waals surface area (Å²) in [6.07, 6.45) is 2.08. The van der Waals surface area contributed by atoms with Gasteiger partial charge in [0.15, 0.2) is 5.96 Å². The maximum absolute atomic E-state index is 11.3. The zero-order valence-corrected chi connectivity index (χ0v) is 16.5. The number of hydrogen-bond donors (Lipinski definition) is 3. The van der Waals surface area contributed by atoms with E-state index >= 15 is 0 Å². The Balaban J connectivity index is 2.02. The molecule has 0 heterocycles. The highest BCUT2D eigenvalue weighted by molar-refractivity contribution is 5.92. The number of amides is 1. The van der Waals surface area contributed by atoms with Crippen molar-refractivity contribution in [3.63, 3.8) is 0 Å². The Bertz CT molecular complexity index is 767. The third-order valence-corrected chi connectivity index (χ3v) is 5.23. The number of nitrogens with one attached hydrogen (secondary N) is 2. The number of carbonyl (C=O) groups is 1. The SMILES string of the molecule is CCC(CC)(CNC(=NC)NCc1cccc(C(N)=O)c1)c1ccccc1. The van der Waals surface area contributed by atoms with Crippen molar-refractivity contribution in [3.05, 3.63) is 71.3 Å². The second-order valence-electron chi connectivity index (χ2n) is 6.70. The predicted molar refractivity (Wildman–Crippen MR) is 112 cm³/mol. The van der Waals surface area contributed by atoms with Gasteiger partial charge in [-0.1, -0.05) is 56.3 Å². The van der Waals surface area contributed by atoms with Gasteiger partial charge in [-0.25, -0.2) is 0 Å². The zero-order valence-electron chi connectivity index (χ0n) is 16.5. The lowest BCUT2D eigenvalue weighted by atomic mass is 9.76. The number of rotatable bonds is 8. The first-order valence-corrected chi connectivity index (χ1v) is 9.43. The molecule has 0 unspecified atom stereocenters. The summed E-state index contributed by atoms with van der Waals surface area (Å²) in [6.45, 7) is 5.82. The molecule has 144 valence electrons. The Morgan fingerprint density at radius 2 is 1.74 bits per heavy atom. The number of carbonyl (C=O) groups excluding carboxylic acids is 1. The summed E-state index contributed by atoms with van der Waals surface area (Å²) in [5, 5.41) is 6.78. The molecule has 1 amide bonds. The van der Waals surface area contributed by atoms with Gasteiger partial charge in [-0.3, -0.25) is 9.79 Å². The third kappa shape index (κ3) is 5.33. The first-order valence-electron chi connectivity index (χ1n) is 9.43. The minimum Gasteiger partial charge on any atom is -0.366 e. The van der Waals surface area contributed by atoms with Crippen LogP contribution in [0.15, 0.2) is 59.6 Å². The van der Waals surface area contributed by atoms with Gasteiger partial charge in [0.1, 0.15) is 0 Å². The molecule has 4 N–H and O–H groups in total. The molecule has 0 bridgehead atoms. The van der Waals surface area contributed by atoms with Gasteiger partial charge in [-0.15, -0.1) is 0 Å². The zero-order chi connectivity index (χ0) is 19.7. The van der Waals surface area contributed by atoms with Crippen LogP contribution in [-0.4, -0.2) is 25.5 Å². The van der Waals surface area contributed by atoms with Crippen molar-refractivity contribution in [3.8, 4) is 0 Å². The van der Waals surface area contributed by atoms with Crippen LogP contribution in [0.25, 0.3) is 0 Å². The fourth-order valence-corrected chi connectivity index (χ4v) is 3.30. The second kappa shape index (κ2) is 9.76. The minimum absolute atomic E-state index is 0.0603. The molecule has 0 aliphatic carbocycles. The van der Waals surface area contributed by atoms with Crippen molar-refractivity contribution in [1.29, 1.82) is 0 Å². The monoisotopic (exact) mass is 366 g/mol. The molecule has 0 atom stereocenters. The van der Waals surface area contributed by atoms with E-state index in [0.29, 0.717) is 12.1 Å².